The van der Waals surface area contributed by atoms with Crippen LogP contribution in [0.5, 0.6) is 0 Å². The third-order valence-electron chi connectivity index (χ3n) is 4.35. The van der Waals surface area contributed by atoms with Gasteiger partial charge in [-0.2, -0.15) is 5.10 Å². The molecule has 0 fully saturated rings. The molecule has 0 bridgehead atoms. The van der Waals surface area contributed by atoms with Crippen LogP contribution in [0.2, 0.25) is 5.15 Å². The summed E-state index contributed by atoms with van der Waals surface area (Å²) in [7, 11) is 0. The highest BCUT2D eigenvalue weighted by atomic mass is 35.5. The monoisotopic (exact) mass is 406 g/mol. The first-order chi connectivity index (χ1) is 13.2. The van der Waals surface area contributed by atoms with Crippen LogP contribution in [0, 0.1) is 0 Å². The Bertz CT molecular complexity index is 917. The number of hydrogen-bond donors (Lipinski definition) is 2. The fourth-order valence-electron chi connectivity index (χ4n) is 3.26. The Labute approximate surface area is 167 Å². The molecule has 0 saturated heterocycles. The maximum absolute atomic E-state index is 11.8. The molecule has 0 aromatic carbocycles. The molecule has 1 amide bonds. The van der Waals surface area contributed by atoms with Gasteiger partial charge in [0.15, 0.2) is 0 Å². The number of nitrogens with one attached hydrogen (secondary N) is 1. The molecule has 0 unspecified atom stereocenters. The second kappa shape index (κ2) is 7.79. The molecule has 150 valence electrons. The Kier molecular flexibility index (Phi) is 5.60. The van der Waals surface area contributed by atoms with E-state index in [9.17, 15) is 14.7 Å². The SMILES string of the molecule is CC(C)(C)OC(=O)NCCCn1nc2c(c1C(=O)O)CCc1c-2ccnc1Cl. The molecule has 0 spiro atoms. The molecule has 3 rings (SSSR count). The molecule has 28 heavy (non-hydrogen) atoms. The number of rotatable bonds is 5. The number of ether oxygens (including phenoxy) is 1. The third-order valence-corrected chi connectivity index (χ3v) is 4.68. The van der Waals surface area contributed by atoms with E-state index in [4.69, 9.17) is 16.3 Å². The summed E-state index contributed by atoms with van der Waals surface area (Å²) in [4.78, 5) is 27.6. The Balaban J connectivity index is 1.75. The lowest BCUT2D eigenvalue weighted by Gasteiger charge is -2.19. The predicted molar refractivity (Wildman–Crippen MR) is 104 cm³/mol. The van der Waals surface area contributed by atoms with Crippen LogP contribution in [0.25, 0.3) is 11.3 Å². The van der Waals surface area contributed by atoms with Crippen molar-refractivity contribution in [1.82, 2.24) is 20.1 Å². The zero-order chi connectivity index (χ0) is 20.5. The van der Waals surface area contributed by atoms with Crippen LogP contribution in [-0.4, -0.2) is 44.1 Å². The van der Waals surface area contributed by atoms with Crippen LogP contribution in [0.1, 0.15) is 48.8 Å². The third kappa shape index (κ3) is 4.27. The number of amides is 1. The smallest absolute Gasteiger partial charge is 0.407 e. The van der Waals surface area contributed by atoms with Gasteiger partial charge in [0.2, 0.25) is 0 Å². The van der Waals surface area contributed by atoms with Crippen molar-refractivity contribution in [3.05, 3.63) is 34.2 Å². The lowest BCUT2D eigenvalue weighted by atomic mass is 9.90. The number of fused-ring (bicyclic) bond motifs is 3. The van der Waals surface area contributed by atoms with Crippen LogP contribution < -0.4 is 5.32 Å². The van der Waals surface area contributed by atoms with Gasteiger partial charge in [0, 0.05) is 30.4 Å². The van der Waals surface area contributed by atoms with E-state index in [1.54, 1.807) is 27.0 Å². The highest BCUT2D eigenvalue weighted by Gasteiger charge is 2.29. The molecule has 0 saturated carbocycles. The number of aromatic carboxylic acids is 1. The molecular formula is C19H23ClN4O4. The van der Waals surface area contributed by atoms with Crippen LogP contribution in [0.4, 0.5) is 4.79 Å². The van der Waals surface area contributed by atoms with Gasteiger partial charge in [-0.3, -0.25) is 4.68 Å². The number of halogens is 1. The Morgan fingerprint density at radius 3 is 2.71 bits per heavy atom. The van der Waals surface area contributed by atoms with E-state index in [1.165, 1.54) is 4.68 Å². The van der Waals surface area contributed by atoms with E-state index in [2.05, 4.69) is 15.4 Å². The molecule has 0 aliphatic heterocycles. The number of aromatic nitrogens is 3. The molecule has 1 aliphatic carbocycles. The van der Waals surface area contributed by atoms with Crippen molar-refractivity contribution < 1.29 is 19.4 Å². The van der Waals surface area contributed by atoms with Crippen molar-refractivity contribution in [2.45, 2.75) is 52.2 Å². The second-order valence-electron chi connectivity index (χ2n) is 7.61. The zero-order valence-corrected chi connectivity index (χ0v) is 16.8. The number of carbonyl (C=O) groups excluding carboxylic acids is 1. The van der Waals surface area contributed by atoms with Gasteiger partial charge in [-0.25, -0.2) is 14.6 Å². The van der Waals surface area contributed by atoms with Gasteiger partial charge in [-0.1, -0.05) is 11.6 Å². The first kappa shape index (κ1) is 20.1. The number of alkyl carbamates (subject to hydrolysis) is 1. The number of nitrogens with zero attached hydrogens (tertiary/aromatic N) is 3. The van der Waals surface area contributed by atoms with Crippen molar-refractivity contribution >= 4 is 23.7 Å². The molecule has 2 N–H and O–H groups in total. The average Bonchev–Trinajstić information content (AvgIpc) is 2.96. The van der Waals surface area contributed by atoms with Gasteiger partial charge < -0.3 is 15.2 Å². The van der Waals surface area contributed by atoms with E-state index in [0.29, 0.717) is 48.8 Å². The minimum absolute atomic E-state index is 0.186. The van der Waals surface area contributed by atoms with Crippen molar-refractivity contribution in [1.29, 1.82) is 0 Å². The lowest BCUT2D eigenvalue weighted by molar-refractivity contribution is 0.0524. The Morgan fingerprint density at radius 2 is 2.04 bits per heavy atom. The number of hydrogen-bond acceptors (Lipinski definition) is 5. The first-order valence-corrected chi connectivity index (χ1v) is 9.48. The molecule has 9 heteroatoms. The van der Waals surface area contributed by atoms with Gasteiger partial charge in [0.25, 0.3) is 0 Å². The average molecular weight is 407 g/mol. The zero-order valence-electron chi connectivity index (χ0n) is 16.1. The van der Waals surface area contributed by atoms with Crippen LogP contribution in [-0.2, 0) is 24.1 Å². The van der Waals surface area contributed by atoms with Crippen LogP contribution in [0.15, 0.2) is 12.3 Å². The van der Waals surface area contributed by atoms with Crippen LogP contribution >= 0.6 is 11.6 Å². The van der Waals surface area contributed by atoms with E-state index in [-0.39, 0.29) is 5.69 Å². The normalized spacial score (nSPS) is 12.9. The molecule has 2 aromatic heterocycles. The van der Waals surface area contributed by atoms with E-state index in [0.717, 1.165) is 11.1 Å². The fraction of sp³-hybridized carbons (Fsp3) is 0.474. The largest absolute Gasteiger partial charge is 0.477 e. The topological polar surface area (TPSA) is 106 Å². The summed E-state index contributed by atoms with van der Waals surface area (Å²) in [5, 5.41) is 17.3. The summed E-state index contributed by atoms with van der Waals surface area (Å²) in [6.07, 6.45) is 2.79. The highest BCUT2D eigenvalue weighted by Crippen LogP contribution is 2.36. The van der Waals surface area contributed by atoms with E-state index in [1.807, 2.05) is 6.07 Å². The number of carboxylic acids is 1. The molecule has 8 nitrogen and oxygen atoms in total. The van der Waals surface area contributed by atoms with Crippen molar-refractivity contribution in [2.24, 2.45) is 0 Å². The lowest BCUT2D eigenvalue weighted by Crippen LogP contribution is -2.33. The summed E-state index contributed by atoms with van der Waals surface area (Å²) >= 11 is 6.18. The Morgan fingerprint density at radius 1 is 1.32 bits per heavy atom. The van der Waals surface area contributed by atoms with Gasteiger partial charge in [0.05, 0.1) is 5.69 Å². The second-order valence-corrected chi connectivity index (χ2v) is 7.97. The first-order valence-electron chi connectivity index (χ1n) is 9.11. The molecule has 0 radical (unpaired) electrons. The highest BCUT2D eigenvalue weighted by molar-refractivity contribution is 6.30. The molecular weight excluding hydrogens is 384 g/mol. The van der Waals surface area contributed by atoms with E-state index < -0.39 is 17.7 Å². The minimum Gasteiger partial charge on any atom is -0.477 e. The molecule has 2 aromatic rings. The summed E-state index contributed by atoms with van der Waals surface area (Å²) in [6, 6.07) is 1.81. The van der Waals surface area contributed by atoms with E-state index >= 15 is 0 Å². The maximum Gasteiger partial charge on any atom is 0.407 e. The standard InChI is InChI=1S/C19H23ClN4O4/c1-19(2,3)28-18(27)22-8-4-10-24-15(17(25)26)13-6-5-12-11(14(13)23-24)7-9-21-16(12)20/h7,9H,4-6,8,10H2,1-3H3,(H,22,27)(H,25,26). The quantitative estimate of drug-likeness (QED) is 0.582. The molecule has 1 aliphatic rings. The van der Waals surface area contributed by atoms with Gasteiger partial charge >= 0.3 is 12.1 Å². The van der Waals surface area contributed by atoms with Crippen LogP contribution in [0.3, 0.4) is 0 Å². The summed E-state index contributed by atoms with van der Waals surface area (Å²) in [6.45, 7) is 6.09. The number of aryl methyl sites for hydroxylation is 1. The Hall–Kier alpha value is -2.61. The predicted octanol–water partition coefficient (Wildman–Crippen LogP) is 3.31. The summed E-state index contributed by atoms with van der Waals surface area (Å²) in [5.74, 6) is -1.02. The van der Waals surface area contributed by atoms with Crippen molar-refractivity contribution in [3.8, 4) is 11.3 Å². The fourth-order valence-corrected chi connectivity index (χ4v) is 3.52. The molecule has 0 atom stereocenters. The summed E-state index contributed by atoms with van der Waals surface area (Å²) < 4.78 is 6.68. The number of carboxylic acid groups (broad SMARTS) is 1. The summed E-state index contributed by atoms with van der Waals surface area (Å²) in [5.41, 5.74) is 2.70. The van der Waals surface area contributed by atoms with Gasteiger partial charge in [-0.05, 0) is 51.7 Å². The van der Waals surface area contributed by atoms with Gasteiger partial charge in [-0.15, -0.1) is 0 Å². The maximum atomic E-state index is 11.8. The number of carbonyl (C=O) groups is 2. The van der Waals surface area contributed by atoms with Gasteiger partial charge in [0.1, 0.15) is 16.4 Å². The van der Waals surface area contributed by atoms with Crippen molar-refractivity contribution in [3.63, 3.8) is 0 Å². The number of pyridine rings is 1. The minimum atomic E-state index is -1.02. The molecule has 2 heterocycles. The van der Waals surface area contributed by atoms with Crippen molar-refractivity contribution in [2.75, 3.05) is 6.54 Å².